The zero-order valence-corrected chi connectivity index (χ0v) is 27.5. The second-order valence-electron chi connectivity index (χ2n) is 11.8. The molecule has 5 rings (SSSR count). The molecule has 0 spiro atoms. The lowest BCUT2D eigenvalue weighted by Crippen LogP contribution is -2.31. The number of nitrogens with zero attached hydrogens (tertiary/aromatic N) is 2. The third kappa shape index (κ3) is 7.02. The van der Waals surface area contributed by atoms with Crippen LogP contribution in [0.2, 0.25) is 0 Å². The first kappa shape index (κ1) is 33.7. The van der Waals surface area contributed by atoms with Crippen LogP contribution in [-0.2, 0) is 4.79 Å². The van der Waals surface area contributed by atoms with Gasteiger partial charge in [-0.15, -0.1) is 0 Å². The predicted octanol–water partition coefficient (Wildman–Crippen LogP) is 8.26. The fourth-order valence-electron chi connectivity index (χ4n) is 6.20. The molecule has 248 valence electrons. The molecule has 8 nitrogen and oxygen atoms in total. The molecule has 0 saturated heterocycles. The van der Waals surface area contributed by atoms with E-state index in [1.54, 1.807) is 37.6 Å². The Kier molecular flexibility index (Phi) is 10.3. The Morgan fingerprint density at radius 1 is 0.915 bits per heavy atom. The van der Waals surface area contributed by atoms with Gasteiger partial charge in [0.25, 0.3) is 0 Å². The number of aromatic nitrogens is 1. The summed E-state index contributed by atoms with van der Waals surface area (Å²) in [5.74, 6) is 0.261. The Bertz CT molecular complexity index is 1730. The Morgan fingerprint density at radius 3 is 2.26 bits per heavy atom. The Labute approximate surface area is 274 Å². The molecule has 0 radical (unpaired) electrons. The van der Waals surface area contributed by atoms with Gasteiger partial charge in [0.2, 0.25) is 5.91 Å². The molecule has 4 aromatic rings. The normalized spacial score (nSPS) is 18.6. The summed E-state index contributed by atoms with van der Waals surface area (Å²) in [6, 6.07) is 15.3. The maximum Gasteiger partial charge on any atom is 0.237 e. The number of rotatable bonds is 15. The van der Waals surface area contributed by atoms with Crippen LogP contribution >= 0.6 is 0 Å². The van der Waals surface area contributed by atoms with Gasteiger partial charge in [-0.3, -0.25) is 9.78 Å². The maximum atomic E-state index is 15.5. The van der Waals surface area contributed by atoms with E-state index in [1.807, 2.05) is 13.8 Å². The minimum absolute atomic E-state index is 0.00856. The SMILES string of the molecule is C=C(Nc1ccc(Oc2ccnc3cc(OCCCN(CC)CC)c(OC)cc23)c(F)c1)C1(C(=O)Nc2ccc(F)cc2)[C@H](C)[C@H]1C. The molecule has 47 heavy (non-hydrogen) atoms. The number of carbonyl (C=O) groups is 1. The average molecular weight is 645 g/mol. The van der Waals surface area contributed by atoms with Crippen LogP contribution in [0.15, 0.2) is 79.1 Å². The molecule has 3 aromatic carbocycles. The van der Waals surface area contributed by atoms with E-state index in [1.165, 1.54) is 36.4 Å². The first-order valence-corrected chi connectivity index (χ1v) is 15.9. The molecular weight excluding hydrogens is 602 g/mol. The Morgan fingerprint density at radius 2 is 1.62 bits per heavy atom. The molecule has 1 aliphatic rings. The van der Waals surface area contributed by atoms with Crippen LogP contribution in [0.5, 0.6) is 23.0 Å². The van der Waals surface area contributed by atoms with E-state index in [2.05, 4.69) is 40.9 Å². The van der Waals surface area contributed by atoms with E-state index >= 15 is 4.39 Å². The number of fused-ring (bicyclic) bond motifs is 1. The van der Waals surface area contributed by atoms with Crippen LogP contribution in [0.25, 0.3) is 10.9 Å². The van der Waals surface area contributed by atoms with Crippen LogP contribution in [0.3, 0.4) is 0 Å². The highest BCUT2D eigenvalue weighted by Crippen LogP contribution is 2.63. The molecule has 1 aromatic heterocycles. The van der Waals surface area contributed by atoms with E-state index in [9.17, 15) is 9.18 Å². The second kappa shape index (κ2) is 14.4. The maximum absolute atomic E-state index is 15.5. The quantitative estimate of drug-likeness (QED) is 0.126. The lowest BCUT2D eigenvalue weighted by atomic mass is 9.96. The molecule has 0 unspecified atom stereocenters. The van der Waals surface area contributed by atoms with Crippen molar-refractivity contribution in [2.24, 2.45) is 17.3 Å². The van der Waals surface area contributed by atoms with Crippen molar-refractivity contribution in [3.8, 4) is 23.0 Å². The van der Waals surface area contributed by atoms with Crippen molar-refractivity contribution in [3.05, 3.63) is 90.8 Å². The molecule has 2 atom stereocenters. The van der Waals surface area contributed by atoms with Crippen LogP contribution < -0.4 is 24.8 Å². The minimum atomic E-state index is -0.914. The smallest absolute Gasteiger partial charge is 0.237 e. The van der Waals surface area contributed by atoms with E-state index in [4.69, 9.17) is 14.2 Å². The lowest BCUT2D eigenvalue weighted by Gasteiger charge is -2.22. The molecule has 1 heterocycles. The standard InChI is InChI=1S/C37H42F2N4O4/c1-7-43(8-2)18-9-19-46-35-22-31-29(21-34(35)45-6)32(16-17-40-31)47-33-15-14-28(20-30(33)39)41-25(5)37(23(3)24(37)4)36(44)42-27-12-10-26(38)11-13-27/h10-17,20-24,41H,5,7-9,18-19H2,1-4,6H3,(H,42,44)/t23-,24-/m1/s1. The molecule has 0 aliphatic heterocycles. The van der Waals surface area contributed by atoms with Crippen molar-refractivity contribution in [1.82, 2.24) is 9.88 Å². The topological polar surface area (TPSA) is 84.9 Å². The number of hydrogen-bond donors (Lipinski definition) is 2. The molecule has 1 amide bonds. The second-order valence-corrected chi connectivity index (χ2v) is 11.8. The molecule has 10 heteroatoms. The number of carbonyl (C=O) groups excluding carboxylic acids is 1. The largest absolute Gasteiger partial charge is 0.493 e. The fraction of sp³-hybridized carbons (Fsp3) is 0.351. The van der Waals surface area contributed by atoms with Crippen LogP contribution in [-0.4, -0.2) is 49.1 Å². The molecular formula is C37H42F2N4O4. The van der Waals surface area contributed by atoms with Crippen molar-refractivity contribution < 1.29 is 27.8 Å². The zero-order valence-electron chi connectivity index (χ0n) is 27.5. The van der Waals surface area contributed by atoms with Crippen LogP contribution in [0, 0.1) is 28.9 Å². The number of ether oxygens (including phenoxy) is 3. The highest BCUT2D eigenvalue weighted by Gasteiger charge is 2.66. The zero-order chi connectivity index (χ0) is 33.7. The van der Waals surface area contributed by atoms with Crippen molar-refractivity contribution in [2.75, 3.05) is 44.0 Å². The number of pyridine rings is 1. The van der Waals surface area contributed by atoms with Crippen molar-refractivity contribution in [2.45, 2.75) is 34.1 Å². The number of amides is 1. The van der Waals surface area contributed by atoms with Gasteiger partial charge in [-0.05, 0) is 79.9 Å². The molecule has 1 saturated carbocycles. The Hall–Kier alpha value is -4.70. The van der Waals surface area contributed by atoms with Gasteiger partial charge in [-0.1, -0.05) is 34.3 Å². The summed E-state index contributed by atoms with van der Waals surface area (Å²) in [6.45, 7) is 15.8. The van der Waals surface area contributed by atoms with Gasteiger partial charge < -0.3 is 29.7 Å². The van der Waals surface area contributed by atoms with Gasteiger partial charge in [0, 0.05) is 47.3 Å². The number of methoxy groups -OCH3 is 1. The number of benzene rings is 3. The highest BCUT2D eigenvalue weighted by atomic mass is 19.1. The summed E-state index contributed by atoms with van der Waals surface area (Å²) in [5.41, 5.74) is 1.06. The molecule has 1 aliphatic carbocycles. The van der Waals surface area contributed by atoms with Crippen LogP contribution in [0.1, 0.15) is 34.1 Å². The van der Waals surface area contributed by atoms with Crippen molar-refractivity contribution >= 4 is 28.2 Å². The van der Waals surface area contributed by atoms with Gasteiger partial charge in [0.15, 0.2) is 23.1 Å². The summed E-state index contributed by atoms with van der Waals surface area (Å²) < 4.78 is 46.5. The van der Waals surface area contributed by atoms with E-state index in [0.717, 1.165) is 26.1 Å². The number of anilines is 2. The summed E-state index contributed by atoms with van der Waals surface area (Å²) in [4.78, 5) is 20.2. The summed E-state index contributed by atoms with van der Waals surface area (Å²) in [7, 11) is 1.57. The predicted molar refractivity (Wildman–Crippen MR) is 181 cm³/mol. The average Bonchev–Trinajstić information content (AvgIpc) is 3.63. The third-order valence-electron chi connectivity index (χ3n) is 9.26. The summed E-state index contributed by atoms with van der Waals surface area (Å²) in [5, 5.41) is 6.65. The van der Waals surface area contributed by atoms with Gasteiger partial charge in [0.1, 0.15) is 11.6 Å². The van der Waals surface area contributed by atoms with E-state index in [0.29, 0.717) is 51.8 Å². The monoisotopic (exact) mass is 644 g/mol. The highest BCUT2D eigenvalue weighted by molar-refractivity contribution is 6.00. The van der Waals surface area contributed by atoms with Crippen molar-refractivity contribution in [1.29, 1.82) is 0 Å². The minimum Gasteiger partial charge on any atom is -0.493 e. The molecule has 1 fully saturated rings. The Balaban J connectivity index is 1.29. The first-order valence-electron chi connectivity index (χ1n) is 15.9. The van der Waals surface area contributed by atoms with Gasteiger partial charge in [-0.25, -0.2) is 8.78 Å². The van der Waals surface area contributed by atoms with Gasteiger partial charge in [-0.2, -0.15) is 0 Å². The first-order chi connectivity index (χ1) is 22.6. The van der Waals surface area contributed by atoms with Gasteiger partial charge in [0.05, 0.1) is 24.6 Å². The summed E-state index contributed by atoms with van der Waals surface area (Å²) in [6.07, 6.45) is 2.47. The van der Waals surface area contributed by atoms with E-state index in [-0.39, 0.29) is 29.3 Å². The van der Waals surface area contributed by atoms with Gasteiger partial charge >= 0.3 is 0 Å². The molecule has 2 N–H and O–H groups in total. The van der Waals surface area contributed by atoms with E-state index < -0.39 is 11.2 Å². The van der Waals surface area contributed by atoms with Crippen molar-refractivity contribution in [3.63, 3.8) is 0 Å². The van der Waals surface area contributed by atoms with Crippen LogP contribution in [0.4, 0.5) is 20.2 Å². The molecule has 0 bridgehead atoms. The number of hydrogen-bond acceptors (Lipinski definition) is 7. The fourth-order valence-corrected chi connectivity index (χ4v) is 6.20. The number of halogens is 2. The third-order valence-corrected chi connectivity index (χ3v) is 9.26. The number of nitrogens with one attached hydrogen (secondary N) is 2. The summed E-state index contributed by atoms with van der Waals surface area (Å²) >= 11 is 0. The lowest BCUT2D eigenvalue weighted by molar-refractivity contribution is -0.120.